The normalized spacial score (nSPS) is 21.0. The first-order chi connectivity index (χ1) is 12.0. The molecule has 0 atom stereocenters. The topological polar surface area (TPSA) is 36.0 Å². The van der Waals surface area contributed by atoms with Gasteiger partial charge in [0.1, 0.15) is 5.82 Å². The fourth-order valence-corrected chi connectivity index (χ4v) is 3.83. The van der Waals surface area contributed by atoms with E-state index >= 15 is 0 Å². The molecule has 5 nitrogen and oxygen atoms in total. The number of carbonyl (C=O) groups excluding carboxylic acids is 1. The molecule has 1 aromatic rings. The fraction of sp³-hybridized carbons (Fsp3) is 0.632. The van der Waals surface area contributed by atoms with Crippen molar-refractivity contribution in [2.45, 2.75) is 18.4 Å². The van der Waals surface area contributed by atoms with Crippen LogP contribution >= 0.6 is 0 Å². The Morgan fingerprint density at radius 2 is 2.04 bits per heavy atom. The van der Waals surface area contributed by atoms with E-state index < -0.39 is 0 Å². The number of hydrogen-bond donors (Lipinski definition) is 0. The minimum Gasteiger partial charge on any atom is -0.378 e. The van der Waals surface area contributed by atoms with Crippen molar-refractivity contribution >= 4 is 5.91 Å². The standard InChI is InChI=1S/C19H28FN3O2/c1-21(2)10-11-23-12-13-25-15-19(23)6-8-22(9-7-19)18(24)16-4-3-5-17(20)14-16/h3-5,14H,6-13,15H2,1-2H3. The maximum Gasteiger partial charge on any atom is 0.253 e. The molecule has 0 saturated carbocycles. The van der Waals surface area contributed by atoms with E-state index in [0.717, 1.165) is 45.7 Å². The van der Waals surface area contributed by atoms with Crippen molar-refractivity contribution in [2.24, 2.45) is 0 Å². The summed E-state index contributed by atoms with van der Waals surface area (Å²) < 4.78 is 19.2. The number of likely N-dealkylation sites (N-methyl/N-ethyl adjacent to an activating group) is 1. The quantitative estimate of drug-likeness (QED) is 0.829. The van der Waals surface area contributed by atoms with Crippen LogP contribution in [-0.4, -0.2) is 86.2 Å². The summed E-state index contributed by atoms with van der Waals surface area (Å²) >= 11 is 0. The van der Waals surface area contributed by atoms with Crippen molar-refractivity contribution in [3.05, 3.63) is 35.6 Å². The number of rotatable bonds is 4. The number of halogens is 1. The minimum absolute atomic E-state index is 0.0347. The molecule has 0 aliphatic carbocycles. The van der Waals surface area contributed by atoms with Crippen molar-refractivity contribution in [2.75, 3.05) is 60.0 Å². The Hall–Kier alpha value is -1.50. The first-order valence-corrected chi connectivity index (χ1v) is 9.03. The highest BCUT2D eigenvalue weighted by molar-refractivity contribution is 5.94. The second-order valence-electron chi connectivity index (χ2n) is 7.37. The van der Waals surface area contributed by atoms with Gasteiger partial charge in [0.05, 0.1) is 13.2 Å². The number of likely N-dealkylation sites (tertiary alicyclic amines) is 1. The monoisotopic (exact) mass is 349 g/mol. The Balaban J connectivity index is 1.64. The fourth-order valence-electron chi connectivity index (χ4n) is 3.83. The summed E-state index contributed by atoms with van der Waals surface area (Å²) in [6.07, 6.45) is 1.81. The van der Waals surface area contributed by atoms with Gasteiger partial charge in [-0.2, -0.15) is 0 Å². The zero-order valence-electron chi connectivity index (χ0n) is 15.2. The van der Waals surface area contributed by atoms with Crippen LogP contribution in [0.4, 0.5) is 4.39 Å². The van der Waals surface area contributed by atoms with E-state index in [2.05, 4.69) is 23.9 Å². The molecule has 0 bridgehead atoms. The molecule has 2 aliphatic rings. The van der Waals surface area contributed by atoms with E-state index in [1.165, 1.54) is 12.1 Å². The number of hydrogen-bond acceptors (Lipinski definition) is 4. The smallest absolute Gasteiger partial charge is 0.253 e. The zero-order valence-corrected chi connectivity index (χ0v) is 15.2. The number of nitrogens with zero attached hydrogens (tertiary/aromatic N) is 3. The maximum atomic E-state index is 13.4. The van der Waals surface area contributed by atoms with E-state index in [1.54, 1.807) is 12.1 Å². The van der Waals surface area contributed by atoms with Gasteiger partial charge in [-0.3, -0.25) is 9.69 Å². The number of morpholine rings is 1. The Bertz CT molecular complexity index is 600. The lowest BCUT2D eigenvalue weighted by atomic mass is 9.85. The predicted octanol–water partition coefficient (Wildman–Crippen LogP) is 1.69. The SMILES string of the molecule is CN(C)CCN1CCOCC12CCN(C(=O)c1cccc(F)c1)CC2. The Labute approximate surface area is 149 Å². The highest BCUT2D eigenvalue weighted by atomic mass is 19.1. The molecule has 6 heteroatoms. The number of carbonyl (C=O) groups is 1. The Kier molecular flexibility index (Phi) is 5.71. The van der Waals surface area contributed by atoms with Crippen LogP contribution in [0.15, 0.2) is 24.3 Å². The molecule has 2 fully saturated rings. The van der Waals surface area contributed by atoms with E-state index in [0.29, 0.717) is 18.7 Å². The van der Waals surface area contributed by atoms with E-state index in [4.69, 9.17) is 4.74 Å². The van der Waals surface area contributed by atoms with Gasteiger partial charge in [0.2, 0.25) is 0 Å². The molecule has 0 N–H and O–H groups in total. The van der Waals surface area contributed by atoms with Crippen molar-refractivity contribution < 1.29 is 13.9 Å². The summed E-state index contributed by atoms with van der Waals surface area (Å²) in [7, 11) is 4.18. The number of amides is 1. The second kappa shape index (κ2) is 7.81. The van der Waals surface area contributed by atoms with Crippen molar-refractivity contribution in [3.63, 3.8) is 0 Å². The third kappa shape index (κ3) is 4.19. The lowest BCUT2D eigenvalue weighted by Gasteiger charge is -2.51. The molecule has 2 saturated heterocycles. The van der Waals surface area contributed by atoms with Crippen LogP contribution in [0.25, 0.3) is 0 Å². The molecule has 1 aromatic carbocycles. The summed E-state index contributed by atoms with van der Waals surface area (Å²) in [6.45, 7) is 5.89. The highest BCUT2D eigenvalue weighted by Gasteiger charge is 2.42. The van der Waals surface area contributed by atoms with Gasteiger partial charge >= 0.3 is 0 Å². The van der Waals surface area contributed by atoms with Crippen molar-refractivity contribution in [3.8, 4) is 0 Å². The van der Waals surface area contributed by atoms with Crippen molar-refractivity contribution in [1.82, 2.24) is 14.7 Å². The third-order valence-electron chi connectivity index (χ3n) is 5.42. The van der Waals surface area contributed by atoms with Gasteiger partial charge in [-0.25, -0.2) is 4.39 Å². The van der Waals surface area contributed by atoms with Crippen LogP contribution in [0.3, 0.4) is 0 Å². The lowest BCUT2D eigenvalue weighted by Crippen LogP contribution is -2.62. The predicted molar refractivity (Wildman–Crippen MR) is 95.2 cm³/mol. The number of piperidine rings is 1. The molecule has 3 rings (SSSR count). The van der Waals surface area contributed by atoms with Crippen LogP contribution in [-0.2, 0) is 4.74 Å². The first kappa shape index (κ1) is 18.3. The van der Waals surface area contributed by atoms with Gasteiger partial charge in [0.25, 0.3) is 5.91 Å². The Morgan fingerprint density at radius 1 is 1.28 bits per heavy atom. The summed E-state index contributed by atoms with van der Waals surface area (Å²) in [5.74, 6) is -0.444. The van der Waals surface area contributed by atoms with Gasteiger partial charge in [-0.05, 0) is 45.1 Å². The molecule has 25 heavy (non-hydrogen) atoms. The largest absolute Gasteiger partial charge is 0.378 e. The molecular weight excluding hydrogens is 321 g/mol. The molecule has 1 amide bonds. The van der Waals surface area contributed by atoms with Gasteiger partial charge in [-0.1, -0.05) is 6.07 Å². The molecule has 138 valence electrons. The summed E-state index contributed by atoms with van der Waals surface area (Å²) in [6, 6.07) is 5.96. The van der Waals surface area contributed by atoms with Crippen LogP contribution in [0, 0.1) is 5.82 Å². The third-order valence-corrected chi connectivity index (χ3v) is 5.42. The molecule has 2 heterocycles. The lowest BCUT2D eigenvalue weighted by molar-refractivity contribution is -0.0927. The molecule has 1 spiro atoms. The maximum absolute atomic E-state index is 13.4. The summed E-state index contributed by atoms with van der Waals surface area (Å²) in [5.41, 5.74) is 0.466. The van der Waals surface area contributed by atoms with E-state index in [9.17, 15) is 9.18 Å². The molecule has 0 radical (unpaired) electrons. The first-order valence-electron chi connectivity index (χ1n) is 9.03. The van der Waals surface area contributed by atoms with Crippen LogP contribution in [0.5, 0.6) is 0 Å². The molecule has 2 aliphatic heterocycles. The zero-order chi connectivity index (χ0) is 17.9. The number of ether oxygens (including phenoxy) is 1. The van der Waals surface area contributed by atoms with Gasteiger partial charge in [0, 0.05) is 43.8 Å². The van der Waals surface area contributed by atoms with E-state index in [-0.39, 0.29) is 17.3 Å². The second-order valence-corrected chi connectivity index (χ2v) is 7.37. The minimum atomic E-state index is -0.366. The van der Waals surface area contributed by atoms with Crippen LogP contribution in [0.1, 0.15) is 23.2 Å². The van der Waals surface area contributed by atoms with Gasteiger partial charge in [-0.15, -0.1) is 0 Å². The average molecular weight is 349 g/mol. The summed E-state index contributed by atoms with van der Waals surface area (Å²) in [4.78, 5) is 19.2. The van der Waals surface area contributed by atoms with E-state index in [1.807, 2.05) is 4.90 Å². The van der Waals surface area contributed by atoms with Crippen molar-refractivity contribution in [1.29, 1.82) is 0 Å². The number of benzene rings is 1. The average Bonchev–Trinajstić information content (AvgIpc) is 2.61. The Morgan fingerprint density at radius 3 is 2.72 bits per heavy atom. The highest BCUT2D eigenvalue weighted by Crippen LogP contribution is 2.32. The molecular formula is C19H28FN3O2. The molecule has 0 unspecified atom stereocenters. The summed E-state index contributed by atoms with van der Waals surface area (Å²) in [5, 5.41) is 0. The van der Waals surface area contributed by atoms with Crippen LogP contribution < -0.4 is 0 Å². The van der Waals surface area contributed by atoms with Gasteiger partial charge in [0.15, 0.2) is 0 Å². The van der Waals surface area contributed by atoms with Crippen LogP contribution in [0.2, 0.25) is 0 Å². The molecule has 0 aromatic heterocycles. The van der Waals surface area contributed by atoms with Gasteiger partial charge < -0.3 is 14.5 Å².